The summed E-state index contributed by atoms with van der Waals surface area (Å²) in [5, 5.41) is 0. The fourth-order valence-corrected chi connectivity index (χ4v) is 1.61. The summed E-state index contributed by atoms with van der Waals surface area (Å²) in [4.78, 5) is 12.0. The molecule has 3 heteroatoms. The van der Waals surface area contributed by atoms with Gasteiger partial charge < -0.3 is 5.73 Å². The number of nitrogens with two attached hydrogens (primary N) is 1. The smallest absolute Gasteiger partial charge is 0.154 e. The van der Waals surface area contributed by atoms with Gasteiger partial charge in [-0.25, -0.2) is 4.39 Å². The zero-order valence-corrected chi connectivity index (χ0v) is 10.9. The summed E-state index contributed by atoms with van der Waals surface area (Å²) in [6.07, 6.45) is 0.196. The van der Waals surface area contributed by atoms with Crippen LogP contribution in [-0.4, -0.2) is 11.8 Å². The van der Waals surface area contributed by atoms with Crippen LogP contribution in [0.1, 0.15) is 31.9 Å². The average Bonchev–Trinajstić information content (AvgIpc) is 2.21. The lowest BCUT2D eigenvalue weighted by Gasteiger charge is -2.25. The number of rotatable bonds is 3. The first-order chi connectivity index (χ1) is 7.71. The third-order valence-corrected chi connectivity index (χ3v) is 2.96. The molecule has 2 N–H and O–H groups in total. The van der Waals surface area contributed by atoms with Crippen LogP contribution in [0, 0.1) is 18.2 Å². The highest BCUT2D eigenvalue weighted by atomic mass is 19.1. The lowest BCUT2D eigenvalue weighted by molar-refractivity contribution is -0.121. The molecule has 0 aliphatic carbocycles. The van der Waals surface area contributed by atoms with E-state index in [0.717, 1.165) is 11.1 Å². The van der Waals surface area contributed by atoms with Crippen molar-refractivity contribution in [1.29, 1.82) is 0 Å². The number of carbonyl (C=O) groups excluding carboxylic acids is 1. The second kappa shape index (κ2) is 4.96. The SMILES string of the molecule is Cc1ccc(F)cc1CC(=O)C(N)C(C)(C)C. The van der Waals surface area contributed by atoms with Crippen molar-refractivity contribution in [2.24, 2.45) is 11.1 Å². The summed E-state index contributed by atoms with van der Waals surface area (Å²) in [5.41, 5.74) is 7.26. The summed E-state index contributed by atoms with van der Waals surface area (Å²) in [5.74, 6) is -0.367. The van der Waals surface area contributed by atoms with Gasteiger partial charge in [0.1, 0.15) is 5.82 Å². The Labute approximate surface area is 102 Å². The summed E-state index contributed by atoms with van der Waals surface area (Å²) >= 11 is 0. The Morgan fingerprint density at radius 2 is 2.00 bits per heavy atom. The molecule has 0 saturated heterocycles. The van der Waals surface area contributed by atoms with E-state index in [4.69, 9.17) is 5.73 Å². The van der Waals surface area contributed by atoms with Crippen molar-refractivity contribution in [2.75, 3.05) is 0 Å². The maximum atomic E-state index is 13.1. The van der Waals surface area contributed by atoms with Crippen molar-refractivity contribution >= 4 is 5.78 Å². The van der Waals surface area contributed by atoms with Crippen molar-refractivity contribution in [1.82, 2.24) is 0 Å². The molecule has 1 aromatic carbocycles. The van der Waals surface area contributed by atoms with Crippen molar-refractivity contribution in [3.8, 4) is 0 Å². The Balaban J connectivity index is 2.85. The van der Waals surface area contributed by atoms with E-state index in [1.165, 1.54) is 12.1 Å². The third kappa shape index (κ3) is 3.63. The molecule has 94 valence electrons. The van der Waals surface area contributed by atoms with E-state index in [2.05, 4.69) is 0 Å². The highest BCUT2D eigenvalue weighted by molar-refractivity contribution is 5.86. The number of benzene rings is 1. The molecular weight excluding hydrogens is 217 g/mol. The van der Waals surface area contributed by atoms with Gasteiger partial charge >= 0.3 is 0 Å². The summed E-state index contributed by atoms with van der Waals surface area (Å²) in [6, 6.07) is 3.96. The predicted octanol–water partition coefficient (Wildman–Crippen LogP) is 2.62. The number of hydrogen-bond donors (Lipinski definition) is 1. The zero-order valence-electron chi connectivity index (χ0n) is 10.9. The van der Waals surface area contributed by atoms with E-state index in [9.17, 15) is 9.18 Å². The minimum atomic E-state index is -0.523. The molecule has 1 atom stereocenters. The van der Waals surface area contributed by atoms with Crippen molar-refractivity contribution in [3.05, 3.63) is 35.1 Å². The quantitative estimate of drug-likeness (QED) is 0.878. The molecule has 0 amide bonds. The Bertz CT molecular complexity index is 421. The molecule has 0 bridgehead atoms. The van der Waals surface area contributed by atoms with Gasteiger partial charge in [0, 0.05) is 6.42 Å². The van der Waals surface area contributed by atoms with Crippen LogP contribution >= 0.6 is 0 Å². The lowest BCUT2D eigenvalue weighted by atomic mass is 9.83. The predicted molar refractivity (Wildman–Crippen MR) is 67.3 cm³/mol. The zero-order chi connectivity index (χ0) is 13.2. The van der Waals surface area contributed by atoms with Gasteiger partial charge in [-0.15, -0.1) is 0 Å². The molecule has 0 spiro atoms. The molecule has 0 heterocycles. The van der Waals surface area contributed by atoms with Crippen molar-refractivity contribution < 1.29 is 9.18 Å². The molecule has 17 heavy (non-hydrogen) atoms. The normalized spacial score (nSPS) is 13.5. The van der Waals surface area contributed by atoms with Crippen molar-refractivity contribution in [2.45, 2.75) is 40.2 Å². The first-order valence-corrected chi connectivity index (χ1v) is 5.75. The van der Waals surface area contributed by atoms with Gasteiger partial charge in [0.15, 0.2) is 5.78 Å². The van der Waals surface area contributed by atoms with E-state index in [0.29, 0.717) is 0 Å². The fraction of sp³-hybridized carbons (Fsp3) is 0.500. The topological polar surface area (TPSA) is 43.1 Å². The molecule has 2 nitrogen and oxygen atoms in total. The number of aryl methyl sites for hydroxylation is 1. The Kier molecular flexibility index (Phi) is 4.04. The van der Waals surface area contributed by atoms with Crippen LogP contribution in [0.5, 0.6) is 0 Å². The molecule has 0 radical (unpaired) electrons. The Hall–Kier alpha value is -1.22. The lowest BCUT2D eigenvalue weighted by Crippen LogP contribution is -2.43. The van der Waals surface area contributed by atoms with Gasteiger partial charge in [0.05, 0.1) is 6.04 Å². The summed E-state index contributed by atoms with van der Waals surface area (Å²) < 4.78 is 13.1. The van der Waals surface area contributed by atoms with Crippen molar-refractivity contribution in [3.63, 3.8) is 0 Å². The first-order valence-electron chi connectivity index (χ1n) is 5.75. The molecule has 0 aromatic heterocycles. The minimum absolute atomic E-state index is 0.0498. The van der Waals surface area contributed by atoms with Gasteiger partial charge in [-0.05, 0) is 35.6 Å². The van der Waals surface area contributed by atoms with Gasteiger partial charge in [-0.2, -0.15) is 0 Å². The fourth-order valence-electron chi connectivity index (χ4n) is 1.61. The number of carbonyl (C=O) groups is 1. The number of hydrogen-bond acceptors (Lipinski definition) is 2. The van der Waals surface area contributed by atoms with Gasteiger partial charge in [0.25, 0.3) is 0 Å². The van der Waals surface area contributed by atoms with Crippen LogP contribution in [0.2, 0.25) is 0 Å². The number of ketones is 1. The molecule has 0 aliphatic heterocycles. The molecule has 1 unspecified atom stereocenters. The highest BCUT2D eigenvalue weighted by Gasteiger charge is 2.27. The maximum Gasteiger partial charge on any atom is 0.154 e. The van der Waals surface area contributed by atoms with Crippen LogP contribution < -0.4 is 5.73 Å². The van der Waals surface area contributed by atoms with Gasteiger partial charge in [-0.1, -0.05) is 26.8 Å². The minimum Gasteiger partial charge on any atom is -0.321 e. The van der Waals surface area contributed by atoms with E-state index < -0.39 is 6.04 Å². The van der Waals surface area contributed by atoms with Crippen LogP contribution in [0.15, 0.2) is 18.2 Å². The molecule has 1 aromatic rings. The average molecular weight is 237 g/mol. The van der Waals surface area contributed by atoms with Gasteiger partial charge in [0.2, 0.25) is 0 Å². The number of Topliss-reactive ketones (excluding diaryl/α,β-unsaturated/α-hetero) is 1. The Morgan fingerprint density at radius 1 is 1.41 bits per heavy atom. The third-order valence-electron chi connectivity index (χ3n) is 2.96. The first kappa shape index (κ1) is 13.8. The molecule has 0 fully saturated rings. The second-order valence-corrected chi connectivity index (χ2v) is 5.56. The summed E-state index contributed by atoms with van der Waals surface area (Å²) in [7, 11) is 0. The molecule has 1 rings (SSSR count). The van der Waals surface area contributed by atoms with E-state index >= 15 is 0 Å². The van der Waals surface area contributed by atoms with Crippen LogP contribution in [0.3, 0.4) is 0 Å². The highest BCUT2D eigenvalue weighted by Crippen LogP contribution is 2.20. The van der Waals surface area contributed by atoms with Gasteiger partial charge in [-0.3, -0.25) is 4.79 Å². The molecular formula is C14H20FNO. The maximum absolute atomic E-state index is 13.1. The van der Waals surface area contributed by atoms with Crippen LogP contribution in [0.4, 0.5) is 4.39 Å². The van der Waals surface area contributed by atoms with E-state index in [1.807, 2.05) is 27.7 Å². The monoisotopic (exact) mass is 237 g/mol. The van der Waals surface area contributed by atoms with E-state index in [-0.39, 0.29) is 23.4 Å². The van der Waals surface area contributed by atoms with Crippen LogP contribution in [0.25, 0.3) is 0 Å². The standard InChI is InChI=1S/C14H20FNO/c1-9-5-6-11(15)7-10(9)8-12(17)13(16)14(2,3)4/h5-7,13H,8,16H2,1-4H3. The summed E-state index contributed by atoms with van der Waals surface area (Å²) in [6.45, 7) is 7.64. The van der Waals surface area contributed by atoms with Crippen LogP contribution in [-0.2, 0) is 11.2 Å². The second-order valence-electron chi connectivity index (χ2n) is 5.56. The van der Waals surface area contributed by atoms with E-state index in [1.54, 1.807) is 6.07 Å². The largest absolute Gasteiger partial charge is 0.321 e. The molecule has 0 aliphatic rings. The number of halogens is 1. The molecule has 0 saturated carbocycles. The Morgan fingerprint density at radius 3 is 2.53 bits per heavy atom.